The number of hydrogen-bond donors (Lipinski definition) is 2. The maximum Gasteiger partial charge on any atom is 0.273 e. The molecule has 1 aliphatic heterocycles. The number of nitrogens with zero attached hydrogens (tertiary/aromatic N) is 2. The van der Waals surface area contributed by atoms with Crippen molar-refractivity contribution < 1.29 is 14.0 Å². The van der Waals surface area contributed by atoms with E-state index in [0.29, 0.717) is 36.4 Å². The Hall–Kier alpha value is -3.53. The van der Waals surface area contributed by atoms with Crippen LogP contribution in [0.15, 0.2) is 34.9 Å². The third kappa shape index (κ3) is 2.95. The maximum atomic E-state index is 13.0. The minimum Gasteiger partial charge on any atom is -0.464 e. The molecule has 1 aromatic carbocycles. The molecule has 0 spiro atoms. The maximum absolute atomic E-state index is 13.0. The first kappa shape index (κ1) is 16.9. The highest BCUT2D eigenvalue weighted by molar-refractivity contribution is 6.05. The average Bonchev–Trinajstić information content (AvgIpc) is 3.33. The van der Waals surface area contributed by atoms with Gasteiger partial charge in [-0.25, -0.2) is 0 Å². The highest BCUT2D eigenvalue weighted by atomic mass is 16.3. The normalized spacial score (nSPS) is 14.4. The van der Waals surface area contributed by atoms with Crippen LogP contribution in [0, 0.1) is 12.3 Å². The third-order valence-corrected chi connectivity index (χ3v) is 4.74. The van der Waals surface area contributed by atoms with E-state index < -0.39 is 0 Å². The van der Waals surface area contributed by atoms with Gasteiger partial charge in [-0.15, -0.1) is 6.42 Å². The fourth-order valence-corrected chi connectivity index (χ4v) is 3.32. The van der Waals surface area contributed by atoms with E-state index in [4.69, 9.17) is 10.8 Å². The molecule has 2 amide bonds. The number of para-hydroxylation sites is 1. The van der Waals surface area contributed by atoms with Crippen LogP contribution in [-0.4, -0.2) is 39.5 Å². The standard InChI is InChI=1S/C20H18N4O3/c1-3-12(2)21-19(25)17-14-7-9-24(11-16(14)22-23-17)20(26)15-6-4-5-13-8-10-27-18(13)15/h1,4-6,8,10,12H,7,9,11H2,2H3,(H,21,25)(H,22,23). The number of terminal acetylenes is 1. The van der Waals surface area contributed by atoms with Crippen LogP contribution >= 0.6 is 0 Å². The summed E-state index contributed by atoms with van der Waals surface area (Å²) in [6.45, 7) is 2.58. The molecule has 7 heteroatoms. The lowest BCUT2D eigenvalue weighted by molar-refractivity contribution is 0.0733. The molecule has 3 heterocycles. The molecule has 0 fully saturated rings. The van der Waals surface area contributed by atoms with Crippen LogP contribution < -0.4 is 5.32 Å². The molecule has 0 bridgehead atoms. The minimum atomic E-state index is -0.375. The number of fused-ring (bicyclic) bond motifs is 2. The first-order chi connectivity index (χ1) is 13.1. The predicted molar refractivity (Wildman–Crippen MR) is 99.0 cm³/mol. The number of rotatable bonds is 3. The van der Waals surface area contributed by atoms with Crippen molar-refractivity contribution in [1.29, 1.82) is 0 Å². The zero-order valence-electron chi connectivity index (χ0n) is 14.8. The van der Waals surface area contributed by atoms with Gasteiger partial charge in [-0.05, 0) is 25.5 Å². The Morgan fingerprint density at radius 2 is 2.26 bits per heavy atom. The van der Waals surface area contributed by atoms with E-state index in [9.17, 15) is 9.59 Å². The van der Waals surface area contributed by atoms with E-state index in [0.717, 1.165) is 16.6 Å². The molecule has 7 nitrogen and oxygen atoms in total. The number of nitrogens with one attached hydrogen (secondary N) is 2. The van der Waals surface area contributed by atoms with Crippen molar-refractivity contribution in [3.8, 4) is 12.3 Å². The molecule has 3 aromatic rings. The number of H-pyrrole nitrogens is 1. The SMILES string of the molecule is C#CC(C)NC(=O)c1n[nH]c2c1CCN(C(=O)c1cccc3ccoc13)C2. The van der Waals surface area contributed by atoms with Crippen LogP contribution in [0.2, 0.25) is 0 Å². The summed E-state index contributed by atoms with van der Waals surface area (Å²) in [5.41, 5.74) is 3.05. The average molecular weight is 362 g/mol. The Bertz CT molecular complexity index is 1070. The molecular formula is C20H18N4O3. The molecule has 1 atom stereocenters. The third-order valence-electron chi connectivity index (χ3n) is 4.74. The van der Waals surface area contributed by atoms with Gasteiger partial charge in [0.05, 0.1) is 30.1 Å². The van der Waals surface area contributed by atoms with Crippen molar-refractivity contribution in [1.82, 2.24) is 20.4 Å². The number of aromatic nitrogens is 2. The molecule has 0 saturated heterocycles. The number of carbonyl (C=O) groups excluding carboxylic acids is 2. The molecule has 1 aliphatic rings. The van der Waals surface area contributed by atoms with E-state index in [2.05, 4.69) is 21.4 Å². The number of aromatic amines is 1. The summed E-state index contributed by atoms with van der Waals surface area (Å²) in [7, 11) is 0. The van der Waals surface area contributed by atoms with E-state index >= 15 is 0 Å². The Labute approximate surface area is 155 Å². The smallest absolute Gasteiger partial charge is 0.273 e. The van der Waals surface area contributed by atoms with Crippen LogP contribution in [0.4, 0.5) is 0 Å². The molecular weight excluding hydrogens is 344 g/mol. The highest BCUT2D eigenvalue weighted by Crippen LogP contribution is 2.25. The Kier molecular flexibility index (Phi) is 4.16. The molecule has 0 saturated carbocycles. The predicted octanol–water partition coefficient (Wildman–Crippen LogP) is 2.11. The summed E-state index contributed by atoms with van der Waals surface area (Å²) in [6.07, 6.45) is 7.42. The number of amides is 2. The lowest BCUT2D eigenvalue weighted by Crippen LogP contribution is -2.37. The summed E-state index contributed by atoms with van der Waals surface area (Å²) in [4.78, 5) is 27.0. The van der Waals surface area contributed by atoms with Crippen LogP contribution in [0.3, 0.4) is 0 Å². The lowest BCUT2D eigenvalue weighted by atomic mass is 10.0. The number of furan rings is 1. The van der Waals surface area contributed by atoms with Crippen molar-refractivity contribution in [3.05, 3.63) is 53.0 Å². The Morgan fingerprint density at radius 1 is 1.41 bits per heavy atom. The largest absolute Gasteiger partial charge is 0.464 e. The topological polar surface area (TPSA) is 91.2 Å². The van der Waals surface area contributed by atoms with E-state index in [1.165, 1.54) is 0 Å². The monoisotopic (exact) mass is 362 g/mol. The molecule has 0 radical (unpaired) electrons. The van der Waals surface area contributed by atoms with Crippen LogP contribution in [-0.2, 0) is 13.0 Å². The van der Waals surface area contributed by atoms with Crippen LogP contribution in [0.25, 0.3) is 11.0 Å². The van der Waals surface area contributed by atoms with Crippen molar-refractivity contribution in [2.45, 2.75) is 25.9 Å². The Morgan fingerprint density at radius 3 is 3.07 bits per heavy atom. The van der Waals surface area contributed by atoms with Gasteiger partial charge < -0.3 is 14.6 Å². The van der Waals surface area contributed by atoms with Gasteiger partial charge in [-0.1, -0.05) is 18.1 Å². The molecule has 0 aliphatic carbocycles. The first-order valence-electron chi connectivity index (χ1n) is 8.67. The number of carbonyl (C=O) groups is 2. The van der Waals surface area contributed by atoms with Gasteiger partial charge >= 0.3 is 0 Å². The zero-order chi connectivity index (χ0) is 19.0. The van der Waals surface area contributed by atoms with E-state index in [1.807, 2.05) is 18.2 Å². The van der Waals surface area contributed by atoms with Crippen LogP contribution in [0.1, 0.15) is 39.0 Å². The van der Waals surface area contributed by atoms with E-state index in [1.54, 1.807) is 24.2 Å². The highest BCUT2D eigenvalue weighted by Gasteiger charge is 2.29. The van der Waals surface area contributed by atoms with Gasteiger partial charge in [-0.3, -0.25) is 14.7 Å². The van der Waals surface area contributed by atoms with Gasteiger partial charge in [0.15, 0.2) is 5.69 Å². The molecule has 136 valence electrons. The van der Waals surface area contributed by atoms with Gasteiger partial charge in [0.1, 0.15) is 5.58 Å². The summed E-state index contributed by atoms with van der Waals surface area (Å²) >= 11 is 0. The summed E-state index contributed by atoms with van der Waals surface area (Å²) in [5.74, 6) is 2.04. The molecule has 2 aromatic heterocycles. The van der Waals surface area contributed by atoms with Crippen molar-refractivity contribution >= 4 is 22.8 Å². The Balaban J connectivity index is 1.56. The first-order valence-corrected chi connectivity index (χ1v) is 8.67. The second-order valence-electron chi connectivity index (χ2n) is 6.51. The zero-order valence-corrected chi connectivity index (χ0v) is 14.8. The van der Waals surface area contributed by atoms with Gasteiger partial charge in [0.2, 0.25) is 0 Å². The lowest BCUT2D eigenvalue weighted by Gasteiger charge is -2.27. The summed E-state index contributed by atoms with van der Waals surface area (Å²) in [5, 5.41) is 10.6. The summed E-state index contributed by atoms with van der Waals surface area (Å²) < 4.78 is 5.48. The fourth-order valence-electron chi connectivity index (χ4n) is 3.32. The molecule has 4 rings (SSSR count). The van der Waals surface area contributed by atoms with Crippen molar-refractivity contribution in [2.24, 2.45) is 0 Å². The van der Waals surface area contributed by atoms with Gasteiger partial charge in [-0.2, -0.15) is 5.10 Å². The van der Waals surface area contributed by atoms with Crippen molar-refractivity contribution in [2.75, 3.05) is 6.54 Å². The second kappa shape index (κ2) is 6.65. The molecule has 2 N–H and O–H groups in total. The van der Waals surface area contributed by atoms with Crippen LogP contribution in [0.5, 0.6) is 0 Å². The van der Waals surface area contributed by atoms with E-state index in [-0.39, 0.29) is 17.9 Å². The number of benzene rings is 1. The fraction of sp³-hybridized carbons (Fsp3) is 0.250. The van der Waals surface area contributed by atoms with Gasteiger partial charge in [0.25, 0.3) is 11.8 Å². The molecule has 27 heavy (non-hydrogen) atoms. The second-order valence-corrected chi connectivity index (χ2v) is 6.51. The number of hydrogen-bond acceptors (Lipinski definition) is 4. The van der Waals surface area contributed by atoms with Crippen molar-refractivity contribution in [3.63, 3.8) is 0 Å². The molecule has 1 unspecified atom stereocenters. The van der Waals surface area contributed by atoms with Gasteiger partial charge in [0, 0.05) is 17.5 Å². The quantitative estimate of drug-likeness (QED) is 0.698. The minimum absolute atomic E-state index is 0.109. The summed E-state index contributed by atoms with van der Waals surface area (Å²) in [6, 6.07) is 6.96.